The van der Waals surface area contributed by atoms with Gasteiger partial charge in [-0.1, -0.05) is 37.3 Å². The minimum atomic E-state index is -1.09. The van der Waals surface area contributed by atoms with Crippen molar-refractivity contribution >= 4 is 0 Å². The van der Waals surface area contributed by atoms with Gasteiger partial charge in [0.15, 0.2) is 0 Å². The summed E-state index contributed by atoms with van der Waals surface area (Å²) in [5, 5.41) is 11.4. The molecule has 1 aliphatic heterocycles. The maximum atomic E-state index is 13.7. The lowest BCUT2D eigenvalue weighted by molar-refractivity contribution is -0.146. The van der Waals surface area contributed by atoms with Gasteiger partial charge in [-0.25, -0.2) is 4.39 Å². The Bertz CT molecular complexity index is 740. The quantitative estimate of drug-likeness (QED) is 0.808. The summed E-state index contributed by atoms with van der Waals surface area (Å²) in [5.41, 5.74) is 0.812. The topological polar surface area (TPSA) is 41.9 Å². The van der Waals surface area contributed by atoms with Crippen molar-refractivity contribution in [1.29, 1.82) is 0 Å². The summed E-state index contributed by atoms with van der Waals surface area (Å²) in [7, 11) is 1.56. The first kappa shape index (κ1) is 19.8. The van der Waals surface area contributed by atoms with E-state index in [-0.39, 0.29) is 18.3 Å². The van der Waals surface area contributed by atoms with Crippen LogP contribution >= 0.6 is 0 Å². The predicted molar refractivity (Wildman–Crippen MR) is 103 cm³/mol. The molecule has 2 aromatic rings. The third-order valence-electron chi connectivity index (χ3n) is 5.35. The van der Waals surface area contributed by atoms with E-state index >= 15 is 0 Å². The molecule has 3 rings (SSSR count). The number of rotatable bonds is 7. The van der Waals surface area contributed by atoms with Crippen LogP contribution in [-0.4, -0.2) is 48.5 Å². The van der Waals surface area contributed by atoms with Crippen LogP contribution in [-0.2, 0) is 17.7 Å². The first-order valence-electron chi connectivity index (χ1n) is 9.46. The highest BCUT2D eigenvalue weighted by atomic mass is 19.1. The molecule has 1 heterocycles. The molecule has 0 aliphatic carbocycles. The average molecular weight is 373 g/mol. The van der Waals surface area contributed by atoms with Crippen molar-refractivity contribution in [2.45, 2.75) is 38.0 Å². The van der Waals surface area contributed by atoms with E-state index in [0.29, 0.717) is 30.9 Å². The highest BCUT2D eigenvalue weighted by Crippen LogP contribution is 2.31. The second-order valence-corrected chi connectivity index (χ2v) is 7.17. The molecule has 0 bridgehead atoms. The minimum absolute atomic E-state index is 0.286. The monoisotopic (exact) mass is 373 g/mol. The highest BCUT2D eigenvalue weighted by Gasteiger charge is 2.39. The average Bonchev–Trinajstić information content (AvgIpc) is 2.69. The van der Waals surface area contributed by atoms with E-state index in [1.54, 1.807) is 13.2 Å². The van der Waals surface area contributed by atoms with Crippen molar-refractivity contribution in [1.82, 2.24) is 4.90 Å². The Kier molecular flexibility index (Phi) is 6.47. The molecular weight excluding hydrogens is 345 g/mol. The Morgan fingerprint density at radius 2 is 2.04 bits per heavy atom. The Hall–Kier alpha value is -1.95. The molecule has 2 aromatic carbocycles. The number of benzene rings is 2. The molecule has 0 spiro atoms. The standard InChI is InChI=1S/C22H28FNO3/c1-3-22(25,14-18-13-19(23)9-10-20(18)26-2)21-16-24(11-12-27-21)15-17-7-5-4-6-8-17/h4-10,13,21,25H,3,11-12,14-16H2,1-2H3. The Labute approximate surface area is 160 Å². The Morgan fingerprint density at radius 3 is 2.74 bits per heavy atom. The van der Waals surface area contributed by atoms with Gasteiger partial charge in [-0.3, -0.25) is 4.90 Å². The third-order valence-corrected chi connectivity index (χ3v) is 5.35. The van der Waals surface area contributed by atoms with Crippen LogP contribution in [0.3, 0.4) is 0 Å². The number of aliphatic hydroxyl groups is 1. The lowest BCUT2D eigenvalue weighted by Gasteiger charge is -2.42. The van der Waals surface area contributed by atoms with E-state index in [4.69, 9.17) is 9.47 Å². The summed E-state index contributed by atoms with van der Waals surface area (Å²) < 4.78 is 25.0. The van der Waals surface area contributed by atoms with E-state index in [1.807, 2.05) is 25.1 Å². The van der Waals surface area contributed by atoms with Gasteiger partial charge in [0.2, 0.25) is 0 Å². The third kappa shape index (κ3) is 4.86. The van der Waals surface area contributed by atoms with Crippen molar-refractivity contribution in [3.8, 4) is 5.75 Å². The summed E-state index contributed by atoms with van der Waals surface area (Å²) in [6.45, 7) is 4.79. The van der Waals surface area contributed by atoms with Crippen LogP contribution in [0.1, 0.15) is 24.5 Å². The molecular formula is C22H28FNO3. The van der Waals surface area contributed by atoms with Crippen molar-refractivity contribution in [3.05, 3.63) is 65.5 Å². The largest absolute Gasteiger partial charge is 0.496 e. The zero-order valence-corrected chi connectivity index (χ0v) is 16.0. The van der Waals surface area contributed by atoms with Gasteiger partial charge in [0.25, 0.3) is 0 Å². The molecule has 0 amide bonds. The molecule has 0 aromatic heterocycles. The van der Waals surface area contributed by atoms with Crippen LogP contribution in [0, 0.1) is 5.82 Å². The smallest absolute Gasteiger partial charge is 0.123 e. The van der Waals surface area contributed by atoms with E-state index in [1.165, 1.54) is 17.7 Å². The van der Waals surface area contributed by atoms with Crippen LogP contribution in [0.5, 0.6) is 5.75 Å². The number of ether oxygens (including phenoxy) is 2. The number of hydrogen-bond acceptors (Lipinski definition) is 4. The molecule has 27 heavy (non-hydrogen) atoms. The number of morpholine rings is 1. The molecule has 2 atom stereocenters. The molecule has 4 nitrogen and oxygen atoms in total. The van der Waals surface area contributed by atoms with E-state index in [9.17, 15) is 9.50 Å². The predicted octanol–water partition coefficient (Wildman–Crippen LogP) is 3.42. The molecule has 146 valence electrons. The molecule has 0 radical (unpaired) electrons. The fourth-order valence-corrected chi connectivity index (χ4v) is 3.69. The van der Waals surface area contributed by atoms with Crippen LogP contribution in [0.25, 0.3) is 0 Å². The molecule has 1 saturated heterocycles. The van der Waals surface area contributed by atoms with Crippen LogP contribution in [0.4, 0.5) is 4.39 Å². The van der Waals surface area contributed by atoms with Gasteiger partial charge < -0.3 is 14.6 Å². The summed E-state index contributed by atoms with van der Waals surface area (Å²) in [5.74, 6) is 0.250. The molecule has 0 saturated carbocycles. The number of hydrogen-bond donors (Lipinski definition) is 1. The van der Waals surface area contributed by atoms with E-state index < -0.39 is 5.60 Å². The van der Waals surface area contributed by atoms with E-state index in [2.05, 4.69) is 17.0 Å². The van der Waals surface area contributed by atoms with Gasteiger partial charge in [0.1, 0.15) is 11.6 Å². The summed E-state index contributed by atoms with van der Waals surface area (Å²) in [4.78, 5) is 2.30. The van der Waals surface area contributed by atoms with Crippen molar-refractivity contribution in [3.63, 3.8) is 0 Å². The van der Waals surface area contributed by atoms with Gasteiger partial charge in [-0.15, -0.1) is 0 Å². The summed E-state index contributed by atoms with van der Waals surface area (Å²) in [6, 6.07) is 14.7. The van der Waals surface area contributed by atoms with Gasteiger partial charge in [-0.05, 0) is 35.7 Å². The second-order valence-electron chi connectivity index (χ2n) is 7.17. The Balaban J connectivity index is 1.74. The SMILES string of the molecule is CCC(O)(Cc1cc(F)ccc1OC)C1CN(Cc2ccccc2)CCO1. The van der Waals surface area contributed by atoms with Crippen LogP contribution < -0.4 is 4.74 Å². The first-order valence-corrected chi connectivity index (χ1v) is 9.46. The van der Waals surface area contributed by atoms with Gasteiger partial charge in [-0.2, -0.15) is 0 Å². The molecule has 2 unspecified atom stereocenters. The fraction of sp³-hybridized carbons (Fsp3) is 0.455. The number of methoxy groups -OCH3 is 1. The molecule has 1 fully saturated rings. The van der Waals surface area contributed by atoms with Crippen LogP contribution in [0.15, 0.2) is 48.5 Å². The summed E-state index contributed by atoms with van der Waals surface area (Å²) >= 11 is 0. The Morgan fingerprint density at radius 1 is 1.26 bits per heavy atom. The van der Waals surface area contributed by atoms with Crippen molar-refractivity contribution in [2.24, 2.45) is 0 Å². The maximum Gasteiger partial charge on any atom is 0.123 e. The highest BCUT2D eigenvalue weighted by molar-refractivity contribution is 5.35. The van der Waals surface area contributed by atoms with Crippen molar-refractivity contribution < 1.29 is 19.0 Å². The lowest BCUT2D eigenvalue weighted by atomic mass is 9.85. The van der Waals surface area contributed by atoms with E-state index in [0.717, 1.165) is 13.1 Å². The minimum Gasteiger partial charge on any atom is -0.496 e. The summed E-state index contributed by atoms with van der Waals surface area (Å²) in [6.07, 6.45) is 0.457. The maximum absolute atomic E-state index is 13.7. The lowest BCUT2D eigenvalue weighted by Crippen LogP contribution is -2.55. The normalized spacial score (nSPS) is 20.2. The number of nitrogens with zero attached hydrogens (tertiary/aromatic N) is 1. The molecule has 1 aliphatic rings. The van der Waals surface area contributed by atoms with Gasteiger partial charge in [0.05, 0.1) is 25.4 Å². The number of halogens is 1. The van der Waals surface area contributed by atoms with Gasteiger partial charge >= 0.3 is 0 Å². The first-order chi connectivity index (χ1) is 13.0. The molecule has 1 N–H and O–H groups in total. The molecule has 5 heteroatoms. The van der Waals surface area contributed by atoms with Crippen LogP contribution in [0.2, 0.25) is 0 Å². The fourth-order valence-electron chi connectivity index (χ4n) is 3.69. The second kappa shape index (κ2) is 8.83. The van der Waals surface area contributed by atoms with Crippen molar-refractivity contribution in [2.75, 3.05) is 26.8 Å². The van der Waals surface area contributed by atoms with Gasteiger partial charge in [0, 0.05) is 26.1 Å². The zero-order valence-electron chi connectivity index (χ0n) is 16.0. The zero-order chi connectivity index (χ0) is 19.3.